The number of hydrogen-bond donors (Lipinski definition) is 11. The molecule has 12 rings (SSSR count). The number of benzene rings is 8. The Kier molecular flexibility index (Phi) is 39.0. The number of aromatic nitrogens is 12. The lowest BCUT2D eigenvalue weighted by molar-refractivity contribution is 0.0510. The maximum atomic E-state index is 13.4. The Morgan fingerprint density at radius 3 is 0.847 bits per heavy atom. The summed E-state index contributed by atoms with van der Waals surface area (Å²) < 4.78 is 146. The van der Waals surface area contributed by atoms with Gasteiger partial charge in [0.05, 0.1) is 118 Å². The minimum Gasteiger partial charge on any atom is -0.493 e. The van der Waals surface area contributed by atoms with E-state index in [1.807, 2.05) is 125 Å². The number of hydrogen-bond acceptors (Lipinski definition) is 31. The van der Waals surface area contributed by atoms with Crippen LogP contribution < -0.4 is 64.8 Å². The van der Waals surface area contributed by atoms with Crippen molar-refractivity contribution in [3.8, 4) is 45.7 Å². The van der Waals surface area contributed by atoms with Crippen molar-refractivity contribution in [2.45, 2.75) is 187 Å². The zero-order chi connectivity index (χ0) is 113. The van der Waals surface area contributed by atoms with Gasteiger partial charge in [-0.3, -0.25) is 19.2 Å². The smallest absolute Gasteiger partial charge is 0.360 e. The highest BCUT2D eigenvalue weighted by Crippen LogP contribution is 2.43. The number of amides is 4. The number of methoxy groups -OCH3 is 4. The molecule has 12 N–H and O–H groups in total. The maximum Gasteiger partial charge on any atom is 0.360 e. The molecule has 8 aromatic carbocycles. The molecule has 4 aromatic heterocycles. The number of nitrogens with zero attached hydrogens (tertiary/aromatic N) is 12. The molecule has 0 aliphatic rings. The van der Waals surface area contributed by atoms with E-state index in [4.69, 9.17) is 44.4 Å². The molecule has 0 saturated carbocycles. The molecule has 806 valence electrons. The van der Waals surface area contributed by atoms with Gasteiger partial charge < -0.3 is 65.6 Å². The van der Waals surface area contributed by atoms with E-state index >= 15 is 0 Å². The fourth-order valence-electron chi connectivity index (χ4n) is 13.9. The molecule has 12 aromatic rings. The zero-order valence-corrected chi connectivity index (χ0v) is 92.2. The first-order chi connectivity index (χ1) is 69.7. The van der Waals surface area contributed by atoms with E-state index in [-0.39, 0.29) is 135 Å². The lowest BCUT2D eigenvalue weighted by atomic mass is 9.86. The molecular weight excluding hydrogens is 2020 g/mol. The van der Waals surface area contributed by atoms with Gasteiger partial charge in [0, 0.05) is 23.2 Å². The summed E-state index contributed by atoms with van der Waals surface area (Å²) >= 11 is 0. The molecule has 0 spiro atoms. The number of carboxylic acids is 2. The van der Waals surface area contributed by atoms with E-state index in [9.17, 15) is 72.0 Å². The monoisotopic (exact) mass is 2150 g/mol. The number of anilines is 4. The van der Waals surface area contributed by atoms with Gasteiger partial charge in [0.25, 0.3) is 23.6 Å². The molecule has 0 unspecified atom stereocenters. The highest BCUT2D eigenvalue weighted by molar-refractivity contribution is 7.90. The standard InChI is InChI=1S/C28H38N6O5S.C25H31N5O6S.C23H27N5O6S.C13H13N3O4.C12H20N2O3S/c1-17-10-11-18(12-22(17)34-15-21(32-33-34)26(36)30-16-27(2,3)4)25(35)31-20-13-19(28(5,6)7)14-23(24(20)39-9)40(37,38)29-8;1-8-36-24(32)19-14-30(29-28-19)20-11-16(10-9-15(20)2)23(31)27-18-12-17(25(3,4)5)13-21(22(18)35-7)37(33,34)26-6;1-13-7-8-14(9-18(13)28-12-17(22(30)31)26-27-28)21(29)25-16-10-15(23(2,3)4)11-19(20(16)34-6)35(32,33)24-5;1-3-20-13(19)10-7-16(15-14-10)11-6-9(12(17)18)5-4-8(11)2;1-12(2,3)8-6-9(13)11(17-5)10(7-8)18(15,16)14-4/h10-15,29H,16H2,1-9H3,(H,30,36)(H,31,35);9-14,26H,8H2,1-7H3,(H,27,31);7-12,24H,1-6H3,(H,25,29)(H,30,31);4-7H,3H2,1-2H3,(H,17,18);6-7,14H,13H2,1-5H3. The number of nitrogens with one attached hydrogen (secondary N) is 8. The second kappa shape index (κ2) is 48.8. The van der Waals surface area contributed by atoms with Crippen LogP contribution in [0.3, 0.4) is 0 Å². The first kappa shape index (κ1) is 120. The topological polar surface area (TPSA) is 614 Å². The average Bonchev–Trinajstić information content (AvgIpc) is 1.40. The average molecular weight is 2150 g/mol. The second-order valence-corrected chi connectivity index (χ2v) is 46.4. The number of aromatic carboxylic acids is 2. The number of sulfonamides is 4. The van der Waals surface area contributed by atoms with Gasteiger partial charge in [0.1, 0.15) is 19.6 Å². The van der Waals surface area contributed by atoms with Crippen molar-refractivity contribution in [1.82, 2.24) is 84.2 Å². The van der Waals surface area contributed by atoms with Crippen LogP contribution in [0.2, 0.25) is 0 Å². The minimum absolute atomic E-state index is 0.00425. The zero-order valence-electron chi connectivity index (χ0n) is 88.9. The number of nitrogens with two attached hydrogens (primary N) is 1. The van der Waals surface area contributed by atoms with Crippen LogP contribution in [0.1, 0.15) is 246 Å². The summed E-state index contributed by atoms with van der Waals surface area (Å²) in [6.07, 6.45) is 5.59. The Morgan fingerprint density at radius 1 is 0.340 bits per heavy atom. The van der Waals surface area contributed by atoms with Gasteiger partial charge in [-0.15, -0.1) is 20.4 Å². The second-order valence-electron chi connectivity index (χ2n) is 38.9. The summed E-state index contributed by atoms with van der Waals surface area (Å²) in [6, 6.07) is 32.5. The van der Waals surface area contributed by atoms with Crippen molar-refractivity contribution in [2.75, 3.05) is 98.1 Å². The normalized spacial score (nSPS) is 11.8. The first-order valence-corrected chi connectivity index (χ1v) is 52.2. The number of carbonyl (C=O) groups is 8. The molecule has 4 amide bonds. The summed E-state index contributed by atoms with van der Waals surface area (Å²) in [5.74, 6) is -5.06. The lowest BCUT2D eigenvalue weighted by Gasteiger charge is -2.23. The van der Waals surface area contributed by atoms with Crippen LogP contribution in [0.5, 0.6) is 23.0 Å². The van der Waals surface area contributed by atoms with Gasteiger partial charge in [0.2, 0.25) is 40.1 Å². The van der Waals surface area contributed by atoms with Crippen molar-refractivity contribution in [3.63, 3.8) is 0 Å². The highest BCUT2D eigenvalue weighted by atomic mass is 32.2. The van der Waals surface area contributed by atoms with Gasteiger partial charge in [-0.1, -0.05) is 149 Å². The van der Waals surface area contributed by atoms with E-state index in [0.29, 0.717) is 51.7 Å². The van der Waals surface area contributed by atoms with E-state index in [2.05, 4.69) is 81.4 Å². The SMILES string of the molecule is CCOC(=O)c1cn(-c2cc(C(=O)Nc3cc(C(C)(C)C)cc(S(=O)(=O)NC)c3OC)ccc2C)nn1.CCOC(=O)c1cn(-c2cc(C(=O)O)ccc2C)nn1.CNS(=O)(=O)c1cc(C(C)(C)C)cc(N)c1OC.CNS(=O)(=O)c1cc(C(C)(C)C)cc(NC(=O)c2ccc(C)c(-n3cc(C(=O)NCC(C)(C)C)nn3)c2)c1OC.CNS(=O)(=O)c1cc(C(C)(C)C)cc(NC(=O)c2ccc(C)c(-n3cc(C(=O)O)nn3)c2)c1OC. The molecule has 0 aliphatic heterocycles. The van der Waals surface area contributed by atoms with E-state index < -0.39 is 97.9 Å². The Morgan fingerprint density at radius 2 is 0.593 bits per heavy atom. The van der Waals surface area contributed by atoms with Crippen molar-refractivity contribution in [1.29, 1.82) is 0 Å². The first-order valence-electron chi connectivity index (χ1n) is 46.3. The van der Waals surface area contributed by atoms with Gasteiger partial charge in [-0.05, 0) is 238 Å². The Hall–Kier alpha value is -15.3. The number of aryl methyl sites for hydroxylation is 4. The van der Waals surface area contributed by atoms with Crippen molar-refractivity contribution < 1.29 is 111 Å². The third-order valence-corrected chi connectivity index (χ3v) is 28.2. The highest BCUT2D eigenvalue weighted by Gasteiger charge is 2.34. The predicted molar refractivity (Wildman–Crippen MR) is 562 cm³/mol. The van der Waals surface area contributed by atoms with Gasteiger partial charge in [-0.2, -0.15) is 0 Å². The van der Waals surface area contributed by atoms with Crippen LogP contribution in [-0.2, 0) is 71.2 Å². The third kappa shape index (κ3) is 30.1. The summed E-state index contributed by atoms with van der Waals surface area (Å²) in [7, 11) is -4.59. The van der Waals surface area contributed by atoms with Crippen LogP contribution in [-0.4, -0.2) is 228 Å². The Balaban J connectivity index is 0.000000235. The maximum absolute atomic E-state index is 13.4. The van der Waals surface area contributed by atoms with Gasteiger partial charge in [0.15, 0.2) is 45.8 Å². The van der Waals surface area contributed by atoms with Crippen LogP contribution in [0.15, 0.2) is 166 Å². The summed E-state index contributed by atoms with van der Waals surface area (Å²) in [5, 5.41) is 60.2. The summed E-state index contributed by atoms with van der Waals surface area (Å²) in [6.45, 7) is 41.0. The molecule has 0 fully saturated rings. The number of rotatable bonds is 30. The number of nitrogen functional groups attached to an aromatic ring is 1. The summed E-state index contributed by atoms with van der Waals surface area (Å²) in [4.78, 5) is 97.9. The van der Waals surface area contributed by atoms with Crippen LogP contribution >= 0.6 is 0 Å². The van der Waals surface area contributed by atoms with Gasteiger partial charge >= 0.3 is 23.9 Å². The molecule has 0 atom stereocenters. The molecule has 45 nitrogen and oxygen atoms in total. The molecule has 150 heavy (non-hydrogen) atoms. The van der Waals surface area contributed by atoms with Gasteiger partial charge in [-0.25, -0.2) is 90.5 Å². The minimum atomic E-state index is -3.89. The molecule has 4 heterocycles. The fraction of sp³-hybridized carbons (Fsp3) is 0.366. The lowest BCUT2D eigenvalue weighted by Crippen LogP contribution is -2.32. The molecule has 49 heteroatoms. The predicted octanol–water partition coefficient (Wildman–Crippen LogP) is 12.7. The molecule has 0 bridgehead atoms. The van der Waals surface area contributed by atoms with Crippen LogP contribution in [0, 0.1) is 33.1 Å². The Labute approximate surface area is 871 Å². The van der Waals surface area contributed by atoms with Crippen LogP contribution in [0.4, 0.5) is 22.7 Å². The largest absolute Gasteiger partial charge is 0.493 e. The quantitative estimate of drug-likeness (QED) is 0.0147. The molecule has 0 aliphatic carbocycles. The fourth-order valence-corrected chi connectivity index (χ4v) is 17.6. The molecule has 0 radical (unpaired) electrons. The molecular formula is C101H129N21O24S4. The number of esters is 2. The number of carbonyl (C=O) groups excluding carboxylic acids is 6. The van der Waals surface area contributed by atoms with E-state index in [0.717, 1.165) is 27.8 Å². The number of carboxylic acid groups (broad SMARTS) is 2. The van der Waals surface area contributed by atoms with Crippen molar-refractivity contribution >= 4 is 110 Å². The van der Waals surface area contributed by atoms with Crippen molar-refractivity contribution in [3.05, 3.63) is 236 Å². The van der Waals surface area contributed by atoms with Crippen molar-refractivity contribution in [2.24, 2.45) is 5.41 Å². The van der Waals surface area contributed by atoms with E-state index in [1.165, 1.54) is 130 Å². The number of ether oxygens (including phenoxy) is 6. The summed E-state index contributed by atoms with van der Waals surface area (Å²) in [5.41, 5.74) is 14.4. The van der Waals surface area contributed by atoms with Crippen LogP contribution in [0.25, 0.3) is 22.7 Å². The Bertz CT molecular complexity index is 7570. The molecule has 0 saturated heterocycles. The van der Waals surface area contributed by atoms with E-state index in [1.54, 1.807) is 112 Å². The third-order valence-electron chi connectivity index (χ3n) is 22.5.